The third-order valence-electron chi connectivity index (χ3n) is 5.28. The minimum atomic E-state index is -0.354. The Labute approximate surface area is 155 Å². The fourth-order valence-electron chi connectivity index (χ4n) is 3.69. The van der Waals surface area contributed by atoms with Gasteiger partial charge in [-0.15, -0.1) is 10.2 Å². The molecule has 138 valence electrons. The molecule has 1 atom stereocenters. The maximum absolute atomic E-state index is 12.1. The van der Waals surface area contributed by atoms with Gasteiger partial charge in [-0.25, -0.2) is 0 Å². The van der Waals surface area contributed by atoms with Gasteiger partial charge >= 0.3 is 0 Å². The summed E-state index contributed by atoms with van der Waals surface area (Å²) in [6.45, 7) is 0.669. The van der Waals surface area contributed by atoms with Crippen molar-refractivity contribution in [2.75, 3.05) is 6.54 Å². The van der Waals surface area contributed by atoms with E-state index in [-0.39, 0.29) is 17.9 Å². The molecule has 0 bridgehead atoms. The molecule has 2 aromatic heterocycles. The molecule has 4 rings (SSSR count). The van der Waals surface area contributed by atoms with Crippen LogP contribution in [0.5, 0.6) is 0 Å². The molecule has 1 aliphatic carbocycles. The smallest absolute Gasteiger partial charge is 0.248 e. The van der Waals surface area contributed by atoms with Crippen molar-refractivity contribution in [3.63, 3.8) is 0 Å². The van der Waals surface area contributed by atoms with Crippen LogP contribution in [-0.2, 0) is 9.59 Å². The fourth-order valence-corrected chi connectivity index (χ4v) is 4.32. The Morgan fingerprint density at radius 3 is 2.81 bits per heavy atom. The molecule has 2 aromatic rings. The lowest BCUT2D eigenvalue weighted by Crippen LogP contribution is -2.43. The summed E-state index contributed by atoms with van der Waals surface area (Å²) in [7, 11) is 0. The number of amides is 2. The Hall–Kier alpha value is -2.22. The van der Waals surface area contributed by atoms with Crippen molar-refractivity contribution in [2.45, 2.75) is 50.5 Å². The zero-order valence-electron chi connectivity index (χ0n) is 14.4. The first-order chi connectivity index (χ1) is 12.7. The summed E-state index contributed by atoms with van der Waals surface area (Å²) in [4.78, 5) is 23.3. The number of nitrogens with zero attached hydrogens (tertiary/aromatic N) is 2. The average Bonchev–Trinajstić information content (AvgIpc) is 3.40. The number of hydrogen-bond acceptors (Lipinski definition) is 6. The number of aromatic nitrogens is 2. The molecule has 0 unspecified atom stereocenters. The van der Waals surface area contributed by atoms with Crippen LogP contribution < -0.4 is 10.6 Å². The first kappa shape index (κ1) is 17.2. The molecule has 7 nitrogen and oxygen atoms in total. The van der Waals surface area contributed by atoms with Gasteiger partial charge in [0.05, 0.1) is 0 Å². The Bertz CT molecular complexity index is 765. The van der Waals surface area contributed by atoms with E-state index in [1.54, 1.807) is 11.3 Å². The average molecular weight is 374 g/mol. The first-order valence-corrected chi connectivity index (χ1v) is 10.1. The van der Waals surface area contributed by atoms with Crippen LogP contribution in [0.3, 0.4) is 0 Å². The second-order valence-electron chi connectivity index (χ2n) is 7.08. The SMILES string of the molecule is O=C1CC[C@H](C(=O)NCC2CCC(c3nnc(-c4ccsc4)o3)CC2)N1. The molecule has 26 heavy (non-hydrogen) atoms. The summed E-state index contributed by atoms with van der Waals surface area (Å²) in [5.74, 6) is 1.99. The molecule has 1 saturated carbocycles. The highest BCUT2D eigenvalue weighted by Gasteiger charge is 2.29. The van der Waals surface area contributed by atoms with Crippen molar-refractivity contribution >= 4 is 23.2 Å². The van der Waals surface area contributed by atoms with Crippen LogP contribution in [0.25, 0.3) is 11.5 Å². The molecule has 3 heterocycles. The van der Waals surface area contributed by atoms with Crippen molar-refractivity contribution in [1.82, 2.24) is 20.8 Å². The Kier molecular flexibility index (Phi) is 5.01. The highest BCUT2D eigenvalue weighted by atomic mass is 32.1. The van der Waals surface area contributed by atoms with Crippen molar-refractivity contribution in [1.29, 1.82) is 0 Å². The fraction of sp³-hybridized carbons (Fsp3) is 0.556. The molecule has 1 aliphatic heterocycles. The molecule has 2 N–H and O–H groups in total. The zero-order chi connectivity index (χ0) is 17.9. The number of hydrogen-bond donors (Lipinski definition) is 2. The van der Waals surface area contributed by atoms with E-state index >= 15 is 0 Å². The highest BCUT2D eigenvalue weighted by molar-refractivity contribution is 7.08. The number of carbonyl (C=O) groups is 2. The Morgan fingerprint density at radius 2 is 2.12 bits per heavy atom. The van der Waals surface area contributed by atoms with E-state index in [1.807, 2.05) is 16.8 Å². The van der Waals surface area contributed by atoms with Gasteiger partial charge in [-0.1, -0.05) is 0 Å². The van der Waals surface area contributed by atoms with Crippen LogP contribution in [0.4, 0.5) is 0 Å². The summed E-state index contributed by atoms with van der Waals surface area (Å²) >= 11 is 1.61. The van der Waals surface area contributed by atoms with Gasteiger partial charge in [0.25, 0.3) is 0 Å². The van der Waals surface area contributed by atoms with Gasteiger partial charge in [-0.2, -0.15) is 11.3 Å². The molecule has 0 spiro atoms. The lowest BCUT2D eigenvalue weighted by atomic mass is 9.82. The van der Waals surface area contributed by atoms with E-state index in [0.717, 1.165) is 37.1 Å². The van der Waals surface area contributed by atoms with E-state index in [1.165, 1.54) is 0 Å². The van der Waals surface area contributed by atoms with Crippen molar-refractivity contribution < 1.29 is 14.0 Å². The van der Waals surface area contributed by atoms with Gasteiger partial charge in [0.2, 0.25) is 23.6 Å². The van der Waals surface area contributed by atoms with Crippen LogP contribution in [0, 0.1) is 5.92 Å². The van der Waals surface area contributed by atoms with Crippen LogP contribution >= 0.6 is 11.3 Å². The molecule has 8 heteroatoms. The first-order valence-electron chi connectivity index (χ1n) is 9.12. The van der Waals surface area contributed by atoms with Crippen LogP contribution in [0.1, 0.15) is 50.3 Å². The standard InChI is InChI=1S/C18H22N4O3S/c23-15-6-5-14(20-15)16(24)19-9-11-1-3-12(4-2-11)17-21-22-18(25-17)13-7-8-26-10-13/h7-8,10-12,14H,1-6,9H2,(H,19,24)(H,20,23)/t11?,12?,14-/m1/s1. The van der Waals surface area contributed by atoms with Crippen molar-refractivity contribution in [3.8, 4) is 11.5 Å². The molecular formula is C18H22N4O3S. The molecule has 1 saturated heterocycles. The summed E-state index contributed by atoms with van der Waals surface area (Å²) in [5.41, 5.74) is 0.976. The van der Waals surface area contributed by atoms with Gasteiger partial charge in [-0.3, -0.25) is 9.59 Å². The Morgan fingerprint density at radius 1 is 1.27 bits per heavy atom. The Balaban J connectivity index is 1.24. The summed E-state index contributed by atoms with van der Waals surface area (Å²) < 4.78 is 5.85. The lowest BCUT2D eigenvalue weighted by molar-refractivity contribution is -0.125. The summed E-state index contributed by atoms with van der Waals surface area (Å²) in [5, 5.41) is 18.1. The number of rotatable bonds is 5. The minimum Gasteiger partial charge on any atom is -0.420 e. The molecule has 2 aliphatic rings. The van der Waals surface area contributed by atoms with Crippen molar-refractivity contribution in [3.05, 3.63) is 22.7 Å². The van der Waals surface area contributed by atoms with Gasteiger partial charge in [-0.05, 0) is 49.5 Å². The maximum atomic E-state index is 12.1. The highest BCUT2D eigenvalue weighted by Crippen LogP contribution is 2.36. The molecule has 0 radical (unpaired) electrons. The van der Waals surface area contributed by atoms with E-state index in [9.17, 15) is 9.59 Å². The van der Waals surface area contributed by atoms with Gasteiger partial charge < -0.3 is 15.1 Å². The van der Waals surface area contributed by atoms with E-state index in [2.05, 4.69) is 20.8 Å². The van der Waals surface area contributed by atoms with Crippen LogP contribution in [0.15, 0.2) is 21.2 Å². The van der Waals surface area contributed by atoms with Gasteiger partial charge in [0.15, 0.2) is 0 Å². The quantitative estimate of drug-likeness (QED) is 0.838. The molecular weight excluding hydrogens is 352 g/mol. The second kappa shape index (κ2) is 7.57. The number of carbonyl (C=O) groups excluding carboxylic acids is 2. The van der Waals surface area contributed by atoms with Crippen LogP contribution in [-0.4, -0.2) is 34.6 Å². The zero-order valence-corrected chi connectivity index (χ0v) is 15.3. The monoisotopic (exact) mass is 374 g/mol. The second-order valence-corrected chi connectivity index (χ2v) is 7.86. The van der Waals surface area contributed by atoms with Crippen LogP contribution in [0.2, 0.25) is 0 Å². The largest absolute Gasteiger partial charge is 0.420 e. The molecule has 2 amide bonds. The topological polar surface area (TPSA) is 97.1 Å². The molecule has 2 fully saturated rings. The van der Waals surface area contributed by atoms with Gasteiger partial charge in [0.1, 0.15) is 6.04 Å². The maximum Gasteiger partial charge on any atom is 0.248 e. The van der Waals surface area contributed by atoms with E-state index in [0.29, 0.717) is 37.1 Å². The predicted molar refractivity (Wildman–Crippen MR) is 96.5 cm³/mol. The summed E-state index contributed by atoms with van der Waals surface area (Å²) in [6.07, 6.45) is 5.08. The van der Waals surface area contributed by atoms with Gasteiger partial charge in [0, 0.05) is 29.8 Å². The van der Waals surface area contributed by atoms with E-state index < -0.39 is 0 Å². The number of nitrogens with one attached hydrogen (secondary N) is 2. The van der Waals surface area contributed by atoms with Crippen molar-refractivity contribution in [2.24, 2.45) is 5.92 Å². The minimum absolute atomic E-state index is 0.0352. The van der Waals surface area contributed by atoms with E-state index in [4.69, 9.17) is 4.42 Å². The summed E-state index contributed by atoms with van der Waals surface area (Å²) in [6, 6.07) is 1.63. The predicted octanol–water partition coefficient (Wildman–Crippen LogP) is 2.47. The lowest BCUT2D eigenvalue weighted by Gasteiger charge is -2.27. The number of thiophene rings is 1. The normalized spacial score (nSPS) is 25.8. The third kappa shape index (κ3) is 3.80. The molecule has 0 aromatic carbocycles. The third-order valence-corrected chi connectivity index (χ3v) is 5.96.